The van der Waals surface area contributed by atoms with Crippen molar-refractivity contribution in [3.63, 3.8) is 0 Å². The Morgan fingerprint density at radius 1 is 1.28 bits per heavy atom. The van der Waals surface area contributed by atoms with Crippen molar-refractivity contribution < 1.29 is 4.79 Å². The minimum Gasteiger partial charge on any atom is -0.348 e. The molecule has 0 bridgehead atoms. The molecule has 0 spiro atoms. The van der Waals surface area contributed by atoms with Crippen LogP contribution in [0.1, 0.15) is 54.5 Å². The van der Waals surface area contributed by atoms with Gasteiger partial charge in [-0.05, 0) is 49.1 Å². The van der Waals surface area contributed by atoms with Crippen molar-refractivity contribution in [3.05, 3.63) is 65.0 Å². The van der Waals surface area contributed by atoms with Crippen molar-refractivity contribution in [2.75, 3.05) is 0 Å². The molecule has 29 heavy (non-hydrogen) atoms. The lowest BCUT2D eigenvalue weighted by molar-refractivity contribution is -0.122. The number of carbonyl (C=O) groups excluding carboxylic acids is 1. The highest BCUT2D eigenvalue weighted by atomic mass is 16.2. The SMILES string of the molecule is CCC(C#N)c1ccc(C(C)NC(=O)Cn2cnc3cccc(C#N)c32)cc1C. The molecule has 1 aromatic heterocycles. The van der Waals surface area contributed by atoms with Crippen molar-refractivity contribution in [3.8, 4) is 12.1 Å². The van der Waals surface area contributed by atoms with E-state index in [9.17, 15) is 15.3 Å². The van der Waals surface area contributed by atoms with Gasteiger partial charge in [-0.2, -0.15) is 10.5 Å². The number of imidazole rings is 1. The van der Waals surface area contributed by atoms with Crippen molar-refractivity contribution in [2.24, 2.45) is 0 Å². The minimum absolute atomic E-state index is 0.0863. The molecule has 6 heteroatoms. The molecule has 0 fully saturated rings. The fraction of sp³-hybridized carbons (Fsp3) is 0.304. The molecule has 6 nitrogen and oxygen atoms in total. The van der Waals surface area contributed by atoms with Gasteiger partial charge in [0.1, 0.15) is 12.6 Å². The van der Waals surface area contributed by atoms with E-state index in [0.717, 1.165) is 23.1 Å². The van der Waals surface area contributed by atoms with E-state index < -0.39 is 0 Å². The molecule has 1 amide bonds. The van der Waals surface area contributed by atoms with Crippen molar-refractivity contribution in [1.82, 2.24) is 14.9 Å². The molecule has 3 rings (SSSR count). The van der Waals surface area contributed by atoms with Crippen LogP contribution in [0, 0.1) is 29.6 Å². The van der Waals surface area contributed by atoms with E-state index >= 15 is 0 Å². The van der Waals surface area contributed by atoms with Gasteiger partial charge >= 0.3 is 0 Å². The van der Waals surface area contributed by atoms with Gasteiger partial charge in [-0.3, -0.25) is 4.79 Å². The highest BCUT2D eigenvalue weighted by Crippen LogP contribution is 2.25. The summed E-state index contributed by atoms with van der Waals surface area (Å²) in [5.74, 6) is -0.271. The number of rotatable bonds is 6. The number of nitrogens with one attached hydrogen (secondary N) is 1. The van der Waals surface area contributed by atoms with Gasteiger partial charge in [-0.15, -0.1) is 0 Å². The van der Waals surface area contributed by atoms with Gasteiger partial charge < -0.3 is 9.88 Å². The van der Waals surface area contributed by atoms with Gasteiger partial charge in [0.15, 0.2) is 0 Å². The van der Waals surface area contributed by atoms with E-state index in [1.165, 1.54) is 0 Å². The summed E-state index contributed by atoms with van der Waals surface area (Å²) in [6.07, 6.45) is 2.36. The van der Waals surface area contributed by atoms with E-state index in [1.807, 2.05) is 45.0 Å². The quantitative estimate of drug-likeness (QED) is 0.691. The molecule has 1 N–H and O–H groups in total. The van der Waals surface area contributed by atoms with E-state index in [2.05, 4.69) is 22.4 Å². The Morgan fingerprint density at radius 3 is 2.72 bits per heavy atom. The Morgan fingerprint density at radius 2 is 2.07 bits per heavy atom. The number of benzene rings is 2. The summed E-state index contributed by atoms with van der Waals surface area (Å²) < 4.78 is 1.70. The molecule has 0 aliphatic rings. The average molecular weight is 385 g/mol. The van der Waals surface area contributed by atoms with Crippen molar-refractivity contribution in [1.29, 1.82) is 10.5 Å². The van der Waals surface area contributed by atoms with Crippen LogP contribution in [-0.4, -0.2) is 15.5 Å². The standard InChI is InChI=1S/C23H23N5O/c1-4-17(11-24)20-9-8-18(10-15(20)2)16(3)27-22(29)13-28-14-26-21-7-5-6-19(12-25)23(21)28/h5-10,14,16-17H,4,13H2,1-3H3,(H,27,29). The molecular formula is C23H23N5O. The summed E-state index contributed by atoms with van der Waals surface area (Å²) in [4.78, 5) is 16.9. The number of fused-ring (bicyclic) bond motifs is 1. The predicted molar refractivity (Wildman–Crippen MR) is 111 cm³/mol. The second-order valence-corrected chi connectivity index (χ2v) is 7.15. The molecule has 2 aromatic carbocycles. The first-order valence-corrected chi connectivity index (χ1v) is 9.61. The first-order chi connectivity index (χ1) is 14.0. The number of hydrogen-bond acceptors (Lipinski definition) is 4. The molecule has 0 saturated heterocycles. The summed E-state index contributed by atoms with van der Waals surface area (Å²) >= 11 is 0. The Labute approximate surface area is 170 Å². The Hall–Kier alpha value is -3.64. The summed E-state index contributed by atoms with van der Waals surface area (Å²) in [5.41, 5.74) is 4.93. The largest absolute Gasteiger partial charge is 0.348 e. The first kappa shape index (κ1) is 20.1. The third-order valence-electron chi connectivity index (χ3n) is 5.18. The molecule has 2 atom stereocenters. The second kappa shape index (κ2) is 8.58. The maximum atomic E-state index is 12.6. The molecule has 0 aliphatic heterocycles. The van der Waals surface area contributed by atoms with E-state index in [4.69, 9.17) is 0 Å². The monoisotopic (exact) mass is 385 g/mol. The van der Waals surface area contributed by atoms with Gasteiger partial charge in [-0.25, -0.2) is 4.98 Å². The lowest BCUT2D eigenvalue weighted by atomic mass is 9.91. The van der Waals surface area contributed by atoms with E-state index in [-0.39, 0.29) is 24.4 Å². The zero-order valence-electron chi connectivity index (χ0n) is 16.8. The first-order valence-electron chi connectivity index (χ1n) is 9.61. The summed E-state index contributed by atoms with van der Waals surface area (Å²) in [5, 5.41) is 21.6. The number of hydrogen-bond donors (Lipinski definition) is 1. The molecule has 2 unspecified atom stereocenters. The minimum atomic E-state index is -0.178. The van der Waals surface area contributed by atoms with Crippen LogP contribution < -0.4 is 5.32 Å². The second-order valence-electron chi connectivity index (χ2n) is 7.15. The highest BCUT2D eigenvalue weighted by Gasteiger charge is 2.16. The molecule has 0 saturated carbocycles. The van der Waals surface area contributed by atoms with Crippen LogP contribution in [0.25, 0.3) is 11.0 Å². The lowest BCUT2D eigenvalue weighted by Gasteiger charge is -2.18. The van der Waals surface area contributed by atoms with E-state index in [1.54, 1.807) is 23.0 Å². The molecule has 0 radical (unpaired) electrons. The van der Waals surface area contributed by atoms with Crippen LogP contribution in [0.15, 0.2) is 42.7 Å². The maximum Gasteiger partial charge on any atom is 0.240 e. The fourth-order valence-electron chi connectivity index (χ4n) is 3.60. The van der Waals surface area contributed by atoms with E-state index in [0.29, 0.717) is 16.6 Å². The van der Waals surface area contributed by atoms with Crippen molar-refractivity contribution in [2.45, 2.75) is 45.7 Å². The van der Waals surface area contributed by atoms with Crippen LogP contribution in [0.5, 0.6) is 0 Å². The summed E-state index contributed by atoms with van der Waals surface area (Å²) in [6.45, 7) is 6.01. The number of aromatic nitrogens is 2. The number of amides is 1. The van der Waals surface area contributed by atoms with Gasteiger partial charge in [-0.1, -0.05) is 31.2 Å². The van der Waals surface area contributed by atoms with Gasteiger partial charge in [0.2, 0.25) is 5.91 Å². The number of nitrogens with zero attached hydrogens (tertiary/aromatic N) is 4. The van der Waals surface area contributed by atoms with Crippen LogP contribution in [0.3, 0.4) is 0 Å². The molecule has 1 heterocycles. The molecular weight excluding hydrogens is 362 g/mol. The number of para-hydroxylation sites is 1. The number of nitriles is 2. The third-order valence-corrected chi connectivity index (χ3v) is 5.18. The van der Waals surface area contributed by atoms with Gasteiger partial charge in [0.25, 0.3) is 0 Å². The maximum absolute atomic E-state index is 12.6. The van der Waals surface area contributed by atoms with Crippen LogP contribution >= 0.6 is 0 Å². The van der Waals surface area contributed by atoms with Crippen LogP contribution in [0.2, 0.25) is 0 Å². The van der Waals surface area contributed by atoms with Crippen molar-refractivity contribution >= 4 is 16.9 Å². The average Bonchev–Trinajstić information content (AvgIpc) is 3.12. The predicted octanol–water partition coefficient (Wildman–Crippen LogP) is 4.11. The summed E-state index contributed by atoms with van der Waals surface area (Å²) in [7, 11) is 0. The summed E-state index contributed by atoms with van der Waals surface area (Å²) in [6, 6.07) is 15.6. The Balaban J connectivity index is 1.74. The fourth-order valence-corrected chi connectivity index (χ4v) is 3.60. The van der Waals surface area contributed by atoms with Crippen LogP contribution in [0.4, 0.5) is 0 Å². The van der Waals surface area contributed by atoms with Crippen LogP contribution in [-0.2, 0) is 11.3 Å². The highest BCUT2D eigenvalue weighted by molar-refractivity contribution is 5.84. The normalized spacial score (nSPS) is 12.7. The number of aryl methyl sites for hydroxylation is 1. The topological polar surface area (TPSA) is 94.5 Å². The molecule has 0 aliphatic carbocycles. The zero-order valence-corrected chi connectivity index (χ0v) is 16.8. The van der Waals surface area contributed by atoms with Gasteiger partial charge in [0.05, 0.1) is 41.0 Å². The van der Waals surface area contributed by atoms with Gasteiger partial charge in [0, 0.05) is 0 Å². The Bertz CT molecular complexity index is 1130. The molecule has 146 valence electrons. The third kappa shape index (κ3) is 4.12. The smallest absolute Gasteiger partial charge is 0.240 e. The Kier molecular flexibility index (Phi) is 5.95. The lowest BCUT2D eigenvalue weighted by Crippen LogP contribution is -2.30. The molecule has 3 aromatic rings. The zero-order chi connectivity index (χ0) is 21.0. The number of carbonyl (C=O) groups is 1.